The van der Waals surface area contributed by atoms with E-state index in [0.717, 1.165) is 24.3 Å². The molecule has 0 saturated carbocycles. The Labute approximate surface area is 151 Å². The van der Waals surface area contributed by atoms with Crippen molar-refractivity contribution < 1.29 is 4.79 Å². The number of anilines is 3. The summed E-state index contributed by atoms with van der Waals surface area (Å²) in [6.45, 7) is 0.898. The fourth-order valence-electron chi connectivity index (χ4n) is 3.11. The van der Waals surface area contributed by atoms with Crippen LogP contribution in [0.25, 0.3) is 0 Å². The summed E-state index contributed by atoms with van der Waals surface area (Å²) in [6.07, 6.45) is 2.48. The van der Waals surface area contributed by atoms with Crippen LogP contribution in [0.1, 0.15) is 15.9 Å². The average molecular weight is 350 g/mol. The van der Waals surface area contributed by atoms with Crippen molar-refractivity contribution in [2.24, 2.45) is 0 Å². The zero-order valence-corrected chi connectivity index (χ0v) is 14.2. The molecule has 5 heteroatoms. The highest BCUT2D eigenvalue weighted by Gasteiger charge is 2.22. The highest BCUT2D eigenvalue weighted by Crippen LogP contribution is 2.38. The predicted molar refractivity (Wildman–Crippen MR) is 101 cm³/mol. The summed E-state index contributed by atoms with van der Waals surface area (Å²) in [5.74, 6) is -0.205. The molecule has 2 aromatic carbocycles. The van der Waals surface area contributed by atoms with Crippen molar-refractivity contribution in [3.63, 3.8) is 0 Å². The molecule has 0 saturated heterocycles. The number of carbonyl (C=O) groups is 1. The van der Waals surface area contributed by atoms with Crippen LogP contribution in [0.4, 0.5) is 17.1 Å². The number of pyridine rings is 1. The number of nitrogens with zero attached hydrogens (tertiary/aromatic N) is 2. The van der Waals surface area contributed by atoms with Gasteiger partial charge in [-0.1, -0.05) is 41.9 Å². The molecule has 1 amide bonds. The van der Waals surface area contributed by atoms with E-state index in [2.05, 4.69) is 33.4 Å². The summed E-state index contributed by atoms with van der Waals surface area (Å²) >= 11 is 5.79. The molecule has 0 unspecified atom stereocenters. The van der Waals surface area contributed by atoms with Crippen molar-refractivity contribution in [2.75, 3.05) is 16.8 Å². The van der Waals surface area contributed by atoms with Gasteiger partial charge in [-0.25, -0.2) is 4.98 Å². The molecule has 0 radical (unpaired) electrons. The molecule has 0 aliphatic carbocycles. The monoisotopic (exact) mass is 349 g/mol. The van der Waals surface area contributed by atoms with Gasteiger partial charge in [-0.05, 0) is 42.3 Å². The lowest BCUT2D eigenvalue weighted by molar-refractivity contribution is 0.102. The number of aromatic nitrogens is 1. The van der Waals surface area contributed by atoms with Crippen LogP contribution in [0.5, 0.6) is 0 Å². The number of para-hydroxylation sites is 3. The number of benzene rings is 2. The maximum atomic E-state index is 12.5. The van der Waals surface area contributed by atoms with Gasteiger partial charge in [-0.2, -0.15) is 0 Å². The third-order valence-corrected chi connectivity index (χ3v) is 4.54. The van der Waals surface area contributed by atoms with E-state index in [4.69, 9.17) is 11.6 Å². The van der Waals surface area contributed by atoms with Crippen LogP contribution in [0.2, 0.25) is 5.15 Å². The lowest BCUT2D eigenvalue weighted by atomic mass is 10.1. The van der Waals surface area contributed by atoms with Crippen LogP contribution >= 0.6 is 11.6 Å². The molecule has 2 heterocycles. The fraction of sp³-hybridized carbons (Fsp3) is 0.100. The summed E-state index contributed by atoms with van der Waals surface area (Å²) in [4.78, 5) is 18.7. The topological polar surface area (TPSA) is 45.2 Å². The van der Waals surface area contributed by atoms with Gasteiger partial charge in [0.1, 0.15) is 5.15 Å². The molecule has 1 N–H and O–H groups in total. The fourth-order valence-corrected chi connectivity index (χ4v) is 3.22. The highest BCUT2D eigenvalue weighted by atomic mass is 35.5. The second-order valence-electron chi connectivity index (χ2n) is 5.87. The van der Waals surface area contributed by atoms with E-state index in [1.54, 1.807) is 12.1 Å². The molecule has 1 aromatic heterocycles. The van der Waals surface area contributed by atoms with E-state index in [0.29, 0.717) is 10.7 Å². The molecule has 4 nitrogen and oxygen atoms in total. The van der Waals surface area contributed by atoms with Crippen LogP contribution in [0, 0.1) is 0 Å². The largest absolute Gasteiger partial charge is 0.339 e. The van der Waals surface area contributed by atoms with Crippen molar-refractivity contribution in [3.8, 4) is 0 Å². The van der Waals surface area contributed by atoms with E-state index in [-0.39, 0.29) is 5.91 Å². The van der Waals surface area contributed by atoms with Crippen molar-refractivity contribution in [3.05, 3.63) is 83.1 Å². The molecule has 0 fully saturated rings. The first-order valence-electron chi connectivity index (χ1n) is 8.10. The number of hydrogen-bond donors (Lipinski definition) is 1. The van der Waals surface area contributed by atoms with Gasteiger partial charge in [0, 0.05) is 18.4 Å². The van der Waals surface area contributed by atoms with Crippen LogP contribution in [0.15, 0.2) is 66.9 Å². The number of fused-ring (bicyclic) bond motifs is 1. The molecule has 4 rings (SSSR count). The standard InChI is InChI=1S/C20H16ClN3O/c21-19-10-9-15(13-22-19)20(25)23-16-6-2-4-8-18(16)24-12-11-14-5-1-3-7-17(14)24/h1-10,13H,11-12H2,(H,23,25). The quantitative estimate of drug-likeness (QED) is 0.698. The van der Waals surface area contributed by atoms with Gasteiger partial charge in [0.05, 0.1) is 16.9 Å². The molecule has 124 valence electrons. The minimum Gasteiger partial charge on any atom is -0.339 e. The average Bonchev–Trinajstić information content (AvgIpc) is 3.07. The Kier molecular flexibility index (Phi) is 4.12. The number of amides is 1. The van der Waals surface area contributed by atoms with Gasteiger partial charge >= 0.3 is 0 Å². The number of halogens is 1. The van der Waals surface area contributed by atoms with Gasteiger partial charge in [-0.15, -0.1) is 0 Å². The summed E-state index contributed by atoms with van der Waals surface area (Å²) in [5, 5.41) is 3.36. The second-order valence-corrected chi connectivity index (χ2v) is 6.26. The third kappa shape index (κ3) is 3.08. The highest BCUT2D eigenvalue weighted by molar-refractivity contribution is 6.29. The van der Waals surface area contributed by atoms with Gasteiger partial charge in [0.2, 0.25) is 0 Å². The van der Waals surface area contributed by atoms with Crippen LogP contribution in [0.3, 0.4) is 0 Å². The van der Waals surface area contributed by atoms with E-state index >= 15 is 0 Å². The van der Waals surface area contributed by atoms with Gasteiger partial charge < -0.3 is 10.2 Å². The first-order valence-corrected chi connectivity index (χ1v) is 8.47. The summed E-state index contributed by atoms with van der Waals surface area (Å²) < 4.78 is 0. The minimum absolute atomic E-state index is 0.205. The Morgan fingerprint density at radius 1 is 1.00 bits per heavy atom. The smallest absolute Gasteiger partial charge is 0.257 e. The lowest BCUT2D eigenvalue weighted by Gasteiger charge is -2.23. The summed E-state index contributed by atoms with van der Waals surface area (Å²) in [7, 11) is 0. The van der Waals surface area contributed by atoms with Crippen LogP contribution in [-0.4, -0.2) is 17.4 Å². The Morgan fingerprint density at radius 3 is 2.56 bits per heavy atom. The Morgan fingerprint density at radius 2 is 1.76 bits per heavy atom. The SMILES string of the molecule is O=C(Nc1ccccc1N1CCc2ccccc21)c1ccc(Cl)nc1. The van der Waals surface area contributed by atoms with Gasteiger partial charge in [0.15, 0.2) is 0 Å². The third-order valence-electron chi connectivity index (χ3n) is 4.32. The molecule has 1 aliphatic heterocycles. The number of carbonyl (C=O) groups excluding carboxylic acids is 1. The van der Waals surface area contributed by atoms with E-state index in [1.165, 1.54) is 17.4 Å². The van der Waals surface area contributed by atoms with Gasteiger partial charge in [0.25, 0.3) is 5.91 Å². The Bertz CT molecular complexity index is 924. The van der Waals surface area contributed by atoms with Crippen molar-refractivity contribution in [2.45, 2.75) is 6.42 Å². The van der Waals surface area contributed by atoms with Crippen molar-refractivity contribution >= 4 is 34.6 Å². The van der Waals surface area contributed by atoms with Gasteiger partial charge in [-0.3, -0.25) is 4.79 Å². The normalized spacial score (nSPS) is 12.8. The number of hydrogen-bond acceptors (Lipinski definition) is 3. The maximum absolute atomic E-state index is 12.5. The maximum Gasteiger partial charge on any atom is 0.257 e. The lowest BCUT2D eigenvalue weighted by Crippen LogP contribution is -2.18. The van der Waals surface area contributed by atoms with E-state index in [9.17, 15) is 4.79 Å². The molecule has 0 spiro atoms. The Hall–Kier alpha value is -2.85. The van der Waals surface area contributed by atoms with Crippen molar-refractivity contribution in [1.29, 1.82) is 0 Å². The van der Waals surface area contributed by atoms with E-state index < -0.39 is 0 Å². The van der Waals surface area contributed by atoms with Crippen molar-refractivity contribution in [1.82, 2.24) is 4.98 Å². The Balaban J connectivity index is 1.64. The molecular weight excluding hydrogens is 334 g/mol. The zero-order valence-electron chi connectivity index (χ0n) is 13.4. The zero-order chi connectivity index (χ0) is 17.2. The molecule has 0 atom stereocenters. The second kappa shape index (κ2) is 6.57. The molecule has 25 heavy (non-hydrogen) atoms. The first-order chi connectivity index (χ1) is 12.2. The summed E-state index contributed by atoms with van der Waals surface area (Å²) in [6, 6.07) is 19.5. The molecule has 1 aliphatic rings. The minimum atomic E-state index is -0.205. The predicted octanol–water partition coefficient (Wildman–Crippen LogP) is 4.68. The van der Waals surface area contributed by atoms with Crippen LogP contribution in [-0.2, 0) is 6.42 Å². The number of nitrogens with one attached hydrogen (secondary N) is 1. The molecular formula is C20H16ClN3O. The van der Waals surface area contributed by atoms with E-state index in [1.807, 2.05) is 30.3 Å². The molecule has 0 bridgehead atoms. The molecule has 3 aromatic rings. The number of rotatable bonds is 3. The summed E-state index contributed by atoms with van der Waals surface area (Å²) in [5.41, 5.74) is 4.76. The van der Waals surface area contributed by atoms with Crippen LogP contribution < -0.4 is 10.2 Å². The first kappa shape index (κ1) is 15.7.